The fourth-order valence-electron chi connectivity index (χ4n) is 1.90. The van der Waals surface area contributed by atoms with Gasteiger partial charge in [0.15, 0.2) is 0 Å². The van der Waals surface area contributed by atoms with Crippen LogP contribution in [-0.2, 0) is 0 Å². The first kappa shape index (κ1) is 15.5. The molecule has 0 aliphatic carbocycles. The summed E-state index contributed by atoms with van der Waals surface area (Å²) in [4.78, 5) is 13.0. The zero-order valence-electron chi connectivity index (χ0n) is 11.7. The molecule has 2 rings (SSSR count). The van der Waals surface area contributed by atoms with Gasteiger partial charge < -0.3 is 0 Å². The molecule has 2 atom stereocenters. The maximum atomic E-state index is 12.3. The van der Waals surface area contributed by atoms with Crippen molar-refractivity contribution in [3.8, 4) is 0 Å². The fraction of sp³-hybridized carbons (Fsp3) is 0.235. The Labute approximate surface area is 133 Å². The van der Waals surface area contributed by atoms with Gasteiger partial charge in [-0.2, -0.15) is 0 Å². The first-order valence-corrected chi connectivity index (χ1v) is 10.3. The molecule has 0 saturated heterocycles. The summed E-state index contributed by atoms with van der Waals surface area (Å²) >= 11 is 0.0921. The van der Waals surface area contributed by atoms with E-state index in [1.54, 1.807) is 0 Å². The fourth-order valence-corrected chi connectivity index (χ4v) is 8.21. The van der Waals surface area contributed by atoms with Crippen LogP contribution in [0.3, 0.4) is 0 Å². The van der Waals surface area contributed by atoms with Crippen molar-refractivity contribution in [3.63, 3.8) is 0 Å². The Morgan fingerprint density at radius 1 is 0.750 bits per heavy atom. The van der Waals surface area contributed by atoms with Gasteiger partial charge in [-0.25, -0.2) is 0 Å². The number of hydrogen-bond acceptors (Lipinski definition) is 1. The summed E-state index contributed by atoms with van der Waals surface area (Å²) in [5.41, 5.74) is 2.56. The minimum atomic E-state index is 0.0460. The van der Waals surface area contributed by atoms with Crippen LogP contribution in [0, 0.1) is 0 Å². The molecular formula is C17H18OSe2. The van der Waals surface area contributed by atoms with Crippen LogP contribution in [0.2, 0.25) is 0 Å². The maximum absolute atomic E-state index is 12.3. The average molecular weight is 396 g/mol. The molecule has 0 aliphatic rings. The third-order valence-electron chi connectivity index (χ3n) is 3.08. The van der Waals surface area contributed by atoms with Gasteiger partial charge in [-0.15, -0.1) is 0 Å². The Balaban J connectivity index is 1.90. The predicted molar refractivity (Wildman–Crippen MR) is 86.6 cm³/mol. The molecule has 2 aromatic rings. The molecule has 20 heavy (non-hydrogen) atoms. The summed E-state index contributed by atoms with van der Waals surface area (Å²) in [5.74, 6) is 0. The molecular weight excluding hydrogens is 378 g/mol. The summed E-state index contributed by atoms with van der Waals surface area (Å²) in [7, 11) is 0. The Bertz CT molecular complexity index is 490. The second-order valence-electron chi connectivity index (χ2n) is 4.59. The Hall–Kier alpha value is -0.851. The zero-order valence-corrected chi connectivity index (χ0v) is 15.1. The molecule has 0 saturated carbocycles. The number of rotatable bonds is 6. The SMILES string of the molecule is CC([Se]C(=O)[Se]C(C)c1ccccc1)c1ccccc1. The third-order valence-corrected chi connectivity index (χ3v) is 8.62. The van der Waals surface area contributed by atoms with E-state index in [4.69, 9.17) is 0 Å². The molecule has 2 unspecified atom stereocenters. The molecule has 3 heteroatoms. The van der Waals surface area contributed by atoms with Gasteiger partial charge in [-0.05, 0) is 0 Å². The van der Waals surface area contributed by atoms with Gasteiger partial charge >= 0.3 is 134 Å². The topological polar surface area (TPSA) is 17.1 Å². The summed E-state index contributed by atoms with van der Waals surface area (Å²) in [6.07, 6.45) is 0. The summed E-state index contributed by atoms with van der Waals surface area (Å²) in [6, 6.07) is 20.7. The minimum absolute atomic E-state index is 0.0460. The number of carbonyl (C=O) groups is 1. The van der Waals surface area contributed by atoms with E-state index in [1.165, 1.54) is 11.1 Å². The summed E-state index contributed by atoms with van der Waals surface area (Å²) in [5, 5.41) is 0. The van der Waals surface area contributed by atoms with E-state index in [-0.39, 0.29) is 29.9 Å². The summed E-state index contributed by atoms with van der Waals surface area (Å²) in [6.45, 7) is 4.33. The van der Waals surface area contributed by atoms with Crippen molar-refractivity contribution in [1.82, 2.24) is 0 Å². The molecule has 1 nitrogen and oxygen atoms in total. The van der Waals surface area contributed by atoms with Crippen molar-refractivity contribution >= 4 is 33.5 Å². The third kappa shape index (κ3) is 4.61. The van der Waals surface area contributed by atoms with Crippen LogP contribution in [-0.4, -0.2) is 33.5 Å². The number of hydrogen-bond donors (Lipinski definition) is 0. The predicted octanol–water partition coefficient (Wildman–Crippen LogP) is 4.04. The van der Waals surface area contributed by atoms with Crippen LogP contribution in [0.15, 0.2) is 60.7 Å². The first-order chi connectivity index (χ1) is 9.66. The molecule has 104 valence electrons. The van der Waals surface area contributed by atoms with Crippen LogP contribution < -0.4 is 0 Å². The van der Waals surface area contributed by atoms with E-state index in [2.05, 4.69) is 38.1 Å². The van der Waals surface area contributed by atoms with E-state index in [0.29, 0.717) is 13.2 Å². The monoisotopic (exact) mass is 398 g/mol. The van der Waals surface area contributed by atoms with Crippen LogP contribution in [0.25, 0.3) is 0 Å². The Morgan fingerprint density at radius 2 is 1.10 bits per heavy atom. The van der Waals surface area contributed by atoms with Gasteiger partial charge in [0.25, 0.3) is 0 Å². The van der Waals surface area contributed by atoms with Crippen molar-refractivity contribution < 1.29 is 4.79 Å². The second kappa shape index (κ2) is 7.81. The normalized spacial score (nSPS) is 13.7. The molecule has 0 N–H and O–H groups in total. The van der Waals surface area contributed by atoms with Gasteiger partial charge in [0, 0.05) is 0 Å². The van der Waals surface area contributed by atoms with Crippen LogP contribution in [0.4, 0.5) is 4.79 Å². The van der Waals surface area contributed by atoms with Crippen molar-refractivity contribution in [1.29, 1.82) is 0 Å². The molecule has 0 heterocycles. The summed E-state index contributed by atoms with van der Waals surface area (Å²) < 4.78 is 0.470. The van der Waals surface area contributed by atoms with E-state index < -0.39 is 0 Å². The molecule has 0 bridgehead atoms. The van der Waals surface area contributed by atoms with E-state index in [9.17, 15) is 4.79 Å². The zero-order chi connectivity index (χ0) is 14.4. The van der Waals surface area contributed by atoms with Gasteiger partial charge in [0.1, 0.15) is 0 Å². The van der Waals surface area contributed by atoms with Gasteiger partial charge in [-0.1, -0.05) is 0 Å². The van der Waals surface area contributed by atoms with Crippen molar-refractivity contribution in [2.75, 3.05) is 0 Å². The van der Waals surface area contributed by atoms with Crippen molar-refractivity contribution in [3.05, 3.63) is 71.8 Å². The molecule has 0 spiro atoms. The Morgan fingerprint density at radius 3 is 1.45 bits per heavy atom. The van der Waals surface area contributed by atoms with Gasteiger partial charge in [0.05, 0.1) is 0 Å². The standard InChI is InChI=1S/C17H18OSe2/c1-13(15-9-5-3-6-10-15)19-17(18)20-14(2)16-11-7-4-8-12-16/h3-14H,1-2H3. The number of carbonyl (C=O) groups excluding carboxylic acids is 1. The van der Waals surface area contributed by atoms with E-state index in [0.717, 1.165) is 0 Å². The van der Waals surface area contributed by atoms with Crippen molar-refractivity contribution in [2.24, 2.45) is 0 Å². The Kier molecular flexibility index (Phi) is 6.06. The van der Waals surface area contributed by atoms with E-state index in [1.807, 2.05) is 36.4 Å². The van der Waals surface area contributed by atoms with Crippen LogP contribution in [0.5, 0.6) is 0 Å². The molecule has 2 aromatic carbocycles. The molecule has 0 aliphatic heterocycles. The van der Waals surface area contributed by atoms with Crippen LogP contribution >= 0.6 is 0 Å². The quantitative estimate of drug-likeness (QED) is 0.674. The van der Waals surface area contributed by atoms with Gasteiger partial charge in [0.2, 0.25) is 0 Å². The van der Waals surface area contributed by atoms with E-state index >= 15 is 0 Å². The molecule has 0 fully saturated rings. The molecule has 0 radical (unpaired) electrons. The first-order valence-electron chi connectivity index (χ1n) is 6.64. The van der Waals surface area contributed by atoms with Crippen molar-refractivity contribution in [2.45, 2.75) is 23.5 Å². The van der Waals surface area contributed by atoms with Gasteiger partial charge in [-0.3, -0.25) is 0 Å². The second-order valence-corrected chi connectivity index (χ2v) is 11.4. The molecule has 0 amide bonds. The average Bonchev–Trinajstić information content (AvgIpc) is 2.49. The molecule has 0 aromatic heterocycles. The van der Waals surface area contributed by atoms with Crippen LogP contribution in [0.1, 0.15) is 34.6 Å². The number of benzene rings is 2.